The highest BCUT2D eigenvalue weighted by Crippen LogP contribution is 2.32. The van der Waals surface area contributed by atoms with Gasteiger partial charge in [0.25, 0.3) is 0 Å². The molecule has 1 aromatic rings. The molecule has 36 heavy (non-hydrogen) atoms. The van der Waals surface area contributed by atoms with Gasteiger partial charge in [0.15, 0.2) is 11.5 Å². The molecule has 8 heteroatoms. The maximum absolute atomic E-state index is 12.8. The van der Waals surface area contributed by atoms with E-state index in [0.29, 0.717) is 31.3 Å². The largest absolute Gasteiger partial charge is 0.493 e. The summed E-state index contributed by atoms with van der Waals surface area (Å²) in [5, 5.41) is 13.7. The molecule has 0 aromatic heterocycles. The second kappa shape index (κ2) is 17.8. The van der Waals surface area contributed by atoms with Crippen molar-refractivity contribution in [2.45, 2.75) is 85.3 Å². The normalized spacial score (nSPS) is 14.1. The molecule has 0 bridgehead atoms. The van der Waals surface area contributed by atoms with Gasteiger partial charge >= 0.3 is 0 Å². The maximum atomic E-state index is 12.8. The summed E-state index contributed by atoms with van der Waals surface area (Å²) in [4.78, 5) is 12.8. The third-order valence-corrected chi connectivity index (χ3v) is 7.47. The van der Waals surface area contributed by atoms with Crippen LogP contribution < -0.4 is 20.5 Å². The molecule has 3 atom stereocenters. The number of nitrogens with two attached hydrogens (primary N) is 1. The number of aliphatic hydroxyl groups excluding tert-OH is 1. The smallest absolute Gasteiger partial charge is 0.226 e. The van der Waals surface area contributed by atoms with Gasteiger partial charge in [-0.2, -0.15) is 0 Å². The molecule has 0 saturated carbocycles. The van der Waals surface area contributed by atoms with Crippen LogP contribution in [0.25, 0.3) is 0 Å². The van der Waals surface area contributed by atoms with Crippen molar-refractivity contribution in [3.63, 3.8) is 0 Å². The number of hydrogen-bond donors (Lipinski definition) is 3. The minimum atomic E-state index is -0.793. The van der Waals surface area contributed by atoms with E-state index < -0.39 is 12.1 Å². The first-order valence-electron chi connectivity index (χ1n) is 13.2. The summed E-state index contributed by atoms with van der Waals surface area (Å²) in [6, 6.07) is 5.59. The van der Waals surface area contributed by atoms with Gasteiger partial charge in [-0.25, -0.2) is 0 Å². The van der Waals surface area contributed by atoms with E-state index in [1.807, 2.05) is 32.9 Å². The standard InChI is InChI=1S/C28H50N2O5.ClH/c1-8-28(9-2,10-3)27(32)30-19-24(31)23(29)18-22(20(4)5)16-21-12-13-25(34-7)26(17-21)35-15-11-14-33-6;/h12-13,17,20,22-24,31H,8-11,14-16,18-19,29H2,1-7H3,(H,30,32);1H/t22-,23-,24-;/m0./s1. The molecule has 0 aliphatic carbocycles. The number of nitrogens with one attached hydrogen (secondary N) is 1. The molecule has 1 aromatic carbocycles. The summed E-state index contributed by atoms with van der Waals surface area (Å²) >= 11 is 0. The molecule has 0 fully saturated rings. The molecular weight excluding hydrogens is 480 g/mol. The molecule has 0 aliphatic heterocycles. The number of benzene rings is 1. The summed E-state index contributed by atoms with van der Waals surface area (Å²) in [7, 11) is 3.32. The van der Waals surface area contributed by atoms with E-state index in [0.717, 1.165) is 43.4 Å². The first-order chi connectivity index (χ1) is 16.7. The lowest BCUT2D eigenvalue weighted by Gasteiger charge is -2.31. The summed E-state index contributed by atoms with van der Waals surface area (Å²) in [5.41, 5.74) is 7.18. The summed E-state index contributed by atoms with van der Waals surface area (Å²) in [6.45, 7) is 11.8. The molecule has 0 heterocycles. The van der Waals surface area contributed by atoms with Crippen LogP contribution in [0, 0.1) is 17.3 Å². The zero-order valence-corrected chi connectivity index (χ0v) is 24.3. The minimum Gasteiger partial charge on any atom is -0.493 e. The van der Waals surface area contributed by atoms with E-state index in [4.69, 9.17) is 19.9 Å². The fraction of sp³-hybridized carbons (Fsp3) is 0.750. The molecule has 210 valence electrons. The van der Waals surface area contributed by atoms with E-state index in [1.165, 1.54) is 0 Å². The van der Waals surface area contributed by atoms with Crippen molar-refractivity contribution in [2.24, 2.45) is 23.0 Å². The Morgan fingerprint density at radius 1 is 1.08 bits per heavy atom. The monoisotopic (exact) mass is 530 g/mol. The van der Waals surface area contributed by atoms with Gasteiger partial charge in [0.2, 0.25) is 5.91 Å². The SMILES string of the molecule is CCC(CC)(CC)C(=O)NC[C@H](O)[C@@H](N)C[C@H](Cc1ccc(OC)c(OCCCOC)c1)C(C)C.Cl. The molecule has 0 saturated heterocycles. The highest BCUT2D eigenvalue weighted by atomic mass is 35.5. The van der Waals surface area contributed by atoms with Crippen molar-refractivity contribution < 1.29 is 24.1 Å². The fourth-order valence-corrected chi connectivity index (χ4v) is 4.51. The van der Waals surface area contributed by atoms with Crippen LogP contribution in [0.1, 0.15) is 72.3 Å². The highest BCUT2D eigenvalue weighted by Gasteiger charge is 2.33. The minimum absolute atomic E-state index is 0. The number of carbonyl (C=O) groups is 1. The quantitative estimate of drug-likeness (QED) is 0.236. The Hall–Kier alpha value is -1.54. The third-order valence-electron chi connectivity index (χ3n) is 7.47. The number of halogens is 1. The van der Waals surface area contributed by atoms with E-state index in [2.05, 4.69) is 25.2 Å². The van der Waals surface area contributed by atoms with Crippen LogP contribution in [-0.2, 0) is 16.0 Å². The van der Waals surface area contributed by atoms with E-state index in [1.54, 1.807) is 14.2 Å². The average Bonchev–Trinajstić information content (AvgIpc) is 2.86. The molecule has 4 N–H and O–H groups in total. The third kappa shape index (κ3) is 10.4. The van der Waals surface area contributed by atoms with Crippen LogP contribution in [0.4, 0.5) is 0 Å². The van der Waals surface area contributed by atoms with Gasteiger partial charge in [0.1, 0.15) is 0 Å². The van der Waals surface area contributed by atoms with Crippen LogP contribution in [0.15, 0.2) is 18.2 Å². The van der Waals surface area contributed by atoms with E-state index in [9.17, 15) is 9.90 Å². The Balaban J connectivity index is 0.0000122. The molecule has 0 aliphatic rings. The zero-order valence-electron chi connectivity index (χ0n) is 23.5. The van der Waals surface area contributed by atoms with Crippen LogP contribution in [0.2, 0.25) is 0 Å². The van der Waals surface area contributed by atoms with E-state index >= 15 is 0 Å². The first-order valence-corrected chi connectivity index (χ1v) is 13.2. The molecule has 7 nitrogen and oxygen atoms in total. The number of amides is 1. The number of methoxy groups -OCH3 is 2. The lowest BCUT2D eigenvalue weighted by atomic mass is 9.79. The number of hydrogen-bond acceptors (Lipinski definition) is 6. The van der Waals surface area contributed by atoms with Gasteiger partial charge in [-0.3, -0.25) is 4.79 Å². The van der Waals surface area contributed by atoms with Crippen molar-refractivity contribution in [1.29, 1.82) is 0 Å². The predicted molar refractivity (Wildman–Crippen MR) is 149 cm³/mol. The number of rotatable bonds is 18. The molecule has 1 amide bonds. The Morgan fingerprint density at radius 2 is 1.72 bits per heavy atom. The number of ether oxygens (including phenoxy) is 3. The van der Waals surface area contributed by atoms with Gasteiger partial charge in [0.05, 0.1) is 19.8 Å². The molecule has 0 spiro atoms. The van der Waals surface area contributed by atoms with Gasteiger partial charge in [-0.1, -0.05) is 40.7 Å². The lowest BCUT2D eigenvalue weighted by Crippen LogP contribution is -2.48. The van der Waals surface area contributed by atoms with Crippen molar-refractivity contribution >= 4 is 18.3 Å². The van der Waals surface area contributed by atoms with Crippen LogP contribution in [-0.4, -0.2) is 57.1 Å². The molecule has 0 unspecified atom stereocenters. The molecule has 1 rings (SSSR count). The van der Waals surface area contributed by atoms with Crippen molar-refractivity contribution in [3.05, 3.63) is 23.8 Å². The van der Waals surface area contributed by atoms with Gasteiger partial charge in [-0.05, 0) is 61.6 Å². The predicted octanol–water partition coefficient (Wildman–Crippen LogP) is 4.76. The van der Waals surface area contributed by atoms with Gasteiger partial charge in [0, 0.05) is 38.1 Å². The van der Waals surface area contributed by atoms with E-state index in [-0.39, 0.29) is 36.2 Å². The van der Waals surface area contributed by atoms with Crippen LogP contribution in [0.3, 0.4) is 0 Å². The second-order valence-corrected chi connectivity index (χ2v) is 9.91. The fourth-order valence-electron chi connectivity index (χ4n) is 4.51. The Morgan fingerprint density at radius 3 is 2.25 bits per heavy atom. The average molecular weight is 531 g/mol. The number of carbonyl (C=O) groups excluding carboxylic acids is 1. The lowest BCUT2D eigenvalue weighted by molar-refractivity contribution is -0.132. The molecule has 0 radical (unpaired) electrons. The first kappa shape index (κ1) is 34.5. The Kier molecular flexibility index (Phi) is 17.1. The van der Waals surface area contributed by atoms with Crippen molar-refractivity contribution in [2.75, 3.05) is 34.0 Å². The summed E-state index contributed by atoms with van der Waals surface area (Å²) in [6.07, 6.45) is 3.82. The topological polar surface area (TPSA) is 103 Å². The zero-order chi connectivity index (χ0) is 26.4. The van der Waals surface area contributed by atoms with Crippen molar-refractivity contribution in [1.82, 2.24) is 5.32 Å². The summed E-state index contributed by atoms with van der Waals surface area (Å²) in [5.74, 6) is 2.09. The molecular formula is C28H51ClN2O5. The Bertz CT molecular complexity index is 734. The second-order valence-electron chi connectivity index (χ2n) is 9.91. The highest BCUT2D eigenvalue weighted by molar-refractivity contribution is 5.85. The Labute approximate surface area is 225 Å². The van der Waals surface area contributed by atoms with Gasteiger partial charge in [-0.15, -0.1) is 12.4 Å². The van der Waals surface area contributed by atoms with Crippen LogP contribution in [0.5, 0.6) is 11.5 Å². The maximum Gasteiger partial charge on any atom is 0.226 e. The number of aliphatic hydroxyl groups is 1. The van der Waals surface area contributed by atoms with Gasteiger partial charge < -0.3 is 30.4 Å². The summed E-state index contributed by atoms with van der Waals surface area (Å²) < 4.78 is 16.5. The van der Waals surface area contributed by atoms with Crippen molar-refractivity contribution in [3.8, 4) is 11.5 Å². The van der Waals surface area contributed by atoms with Crippen LogP contribution >= 0.6 is 12.4 Å².